The molecule has 4 rings (SSSR count). The van der Waals surface area contributed by atoms with Gasteiger partial charge in [-0.2, -0.15) is 4.98 Å². The van der Waals surface area contributed by atoms with Gasteiger partial charge in [-0.25, -0.2) is 0 Å². The van der Waals surface area contributed by atoms with E-state index in [0.717, 1.165) is 24.0 Å². The minimum atomic E-state index is -0.0227. The molecule has 1 fully saturated rings. The average Bonchev–Trinajstić information content (AvgIpc) is 3.43. The largest absolute Gasteiger partial charge is 0.349 e. The second-order valence-electron chi connectivity index (χ2n) is 6.68. The van der Waals surface area contributed by atoms with E-state index in [1.165, 1.54) is 0 Å². The summed E-state index contributed by atoms with van der Waals surface area (Å²) in [7, 11) is 0. The maximum absolute atomic E-state index is 12.4. The molecule has 1 N–H and O–H groups in total. The predicted molar refractivity (Wildman–Crippen MR) is 101 cm³/mol. The van der Waals surface area contributed by atoms with Crippen LogP contribution in [0.5, 0.6) is 0 Å². The fourth-order valence-electron chi connectivity index (χ4n) is 3.01. The molecule has 7 heteroatoms. The number of hydrogen-bond donors (Lipinski definition) is 1. The monoisotopic (exact) mass is 382 g/mol. The quantitative estimate of drug-likeness (QED) is 0.668. The zero-order chi connectivity index (χ0) is 18.6. The third-order valence-electron chi connectivity index (χ3n) is 4.61. The summed E-state index contributed by atoms with van der Waals surface area (Å²) in [5.41, 5.74) is 1.93. The number of aryl methyl sites for hydroxylation is 1. The molecule has 0 saturated heterocycles. The minimum Gasteiger partial charge on any atom is -0.349 e. The van der Waals surface area contributed by atoms with Crippen molar-refractivity contribution in [2.45, 2.75) is 31.7 Å². The maximum Gasteiger partial charge on any atom is 0.227 e. The van der Waals surface area contributed by atoms with E-state index in [-0.39, 0.29) is 11.9 Å². The Morgan fingerprint density at radius 2 is 1.93 bits per heavy atom. The standard InChI is InChI=1S/C20H19ClN4O2/c21-16-5-3-14(4-6-16)19(13-1-2-13)23-17(26)7-8-18-24-20(25-27-18)15-9-11-22-12-10-15/h3-6,9-13,19H,1-2,7-8H2,(H,23,26). The van der Waals surface area contributed by atoms with E-state index in [0.29, 0.717) is 35.5 Å². The van der Waals surface area contributed by atoms with Crippen LogP contribution in [0.4, 0.5) is 0 Å². The lowest BCUT2D eigenvalue weighted by Gasteiger charge is -2.18. The van der Waals surface area contributed by atoms with Crippen LogP contribution in [0.3, 0.4) is 0 Å². The highest BCUT2D eigenvalue weighted by Crippen LogP contribution is 2.41. The Hall–Kier alpha value is -2.73. The molecule has 1 atom stereocenters. The summed E-state index contributed by atoms with van der Waals surface area (Å²) in [4.78, 5) is 20.8. The van der Waals surface area contributed by atoms with Crippen molar-refractivity contribution in [2.75, 3.05) is 0 Å². The van der Waals surface area contributed by atoms with Crippen LogP contribution in [0, 0.1) is 5.92 Å². The zero-order valence-electron chi connectivity index (χ0n) is 14.6. The maximum atomic E-state index is 12.4. The molecule has 0 spiro atoms. The molecule has 6 nitrogen and oxygen atoms in total. The fourth-order valence-corrected chi connectivity index (χ4v) is 3.14. The van der Waals surface area contributed by atoms with Crippen LogP contribution in [0.15, 0.2) is 53.3 Å². The van der Waals surface area contributed by atoms with Crippen molar-refractivity contribution in [1.29, 1.82) is 0 Å². The van der Waals surface area contributed by atoms with Crippen LogP contribution >= 0.6 is 11.6 Å². The first kappa shape index (κ1) is 17.7. The minimum absolute atomic E-state index is 0.0227. The number of nitrogens with one attached hydrogen (secondary N) is 1. The summed E-state index contributed by atoms with van der Waals surface area (Å²) in [6.45, 7) is 0. The van der Waals surface area contributed by atoms with Gasteiger partial charge >= 0.3 is 0 Å². The number of benzene rings is 1. The topological polar surface area (TPSA) is 80.9 Å². The van der Waals surface area contributed by atoms with Crippen molar-refractivity contribution in [3.05, 3.63) is 65.3 Å². The molecular formula is C20H19ClN4O2. The van der Waals surface area contributed by atoms with Crippen molar-refractivity contribution in [1.82, 2.24) is 20.4 Å². The number of rotatable bonds is 7. The Labute approximate surface area is 162 Å². The molecule has 0 radical (unpaired) electrons. The molecule has 0 bridgehead atoms. The van der Waals surface area contributed by atoms with Gasteiger partial charge in [0, 0.05) is 35.8 Å². The Kier molecular flexibility index (Phi) is 5.16. The van der Waals surface area contributed by atoms with E-state index in [9.17, 15) is 4.79 Å². The number of aromatic nitrogens is 3. The van der Waals surface area contributed by atoms with Gasteiger partial charge in [0.15, 0.2) is 0 Å². The summed E-state index contributed by atoms with van der Waals surface area (Å²) < 4.78 is 5.26. The first-order valence-corrected chi connectivity index (χ1v) is 9.34. The van der Waals surface area contributed by atoms with Crippen molar-refractivity contribution >= 4 is 17.5 Å². The van der Waals surface area contributed by atoms with Crippen molar-refractivity contribution in [3.63, 3.8) is 0 Å². The van der Waals surface area contributed by atoms with Gasteiger partial charge in [0.25, 0.3) is 0 Å². The SMILES string of the molecule is O=C(CCc1nc(-c2ccncc2)no1)NC(c1ccc(Cl)cc1)C1CC1. The molecule has 2 heterocycles. The van der Waals surface area contributed by atoms with E-state index in [2.05, 4.69) is 20.4 Å². The first-order valence-electron chi connectivity index (χ1n) is 8.97. The van der Waals surface area contributed by atoms with Gasteiger partial charge in [-0.05, 0) is 48.6 Å². The van der Waals surface area contributed by atoms with Crippen LogP contribution in [-0.4, -0.2) is 21.0 Å². The Balaban J connectivity index is 1.35. The Bertz CT molecular complexity index is 907. The fraction of sp³-hybridized carbons (Fsp3) is 0.300. The third kappa shape index (κ3) is 4.52. The molecule has 2 aromatic heterocycles. The number of carbonyl (C=O) groups is 1. The number of carbonyl (C=O) groups excluding carboxylic acids is 1. The first-order chi connectivity index (χ1) is 13.2. The van der Waals surface area contributed by atoms with Gasteiger partial charge in [-0.1, -0.05) is 28.9 Å². The van der Waals surface area contributed by atoms with E-state index < -0.39 is 0 Å². The normalized spacial score (nSPS) is 14.7. The van der Waals surface area contributed by atoms with Crippen molar-refractivity contribution in [3.8, 4) is 11.4 Å². The van der Waals surface area contributed by atoms with E-state index in [1.807, 2.05) is 36.4 Å². The number of hydrogen-bond acceptors (Lipinski definition) is 5. The Morgan fingerprint density at radius 3 is 2.63 bits per heavy atom. The molecule has 1 amide bonds. The Morgan fingerprint density at radius 1 is 1.19 bits per heavy atom. The smallest absolute Gasteiger partial charge is 0.227 e. The zero-order valence-corrected chi connectivity index (χ0v) is 15.4. The van der Waals surface area contributed by atoms with Crippen LogP contribution in [0.2, 0.25) is 5.02 Å². The molecule has 1 aromatic carbocycles. The third-order valence-corrected chi connectivity index (χ3v) is 4.86. The van der Waals surface area contributed by atoms with Gasteiger partial charge in [-0.3, -0.25) is 9.78 Å². The van der Waals surface area contributed by atoms with E-state index in [1.54, 1.807) is 12.4 Å². The molecule has 27 heavy (non-hydrogen) atoms. The highest BCUT2D eigenvalue weighted by Gasteiger charge is 2.33. The number of amides is 1. The predicted octanol–water partition coefficient (Wildman–Crippen LogP) is 3.99. The van der Waals surface area contributed by atoms with Crippen molar-refractivity contribution < 1.29 is 9.32 Å². The number of pyridine rings is 1. The van der Waals surface area contributed by atoms with Gasteiger partial charge < -0.3 is 9.84 Å². The molecule has 1 aliphatic carbocycles. The lowest BCUT2D eigenvalue weighted by Crippen LogP contribution is -2.30. The lowest BCUT2D eigenvalue weighted by molar-refractivity contribution is -0.122. The van der Waals surface area contributed by atoms with Crippen LogP contribution in [0.1, 0.15) is 36.8 Å². The number of nitrogens with zero attached hydrogens (tertiary/aromatic N) is 3. The van der Waals surface area contributed by atoms with Gasteiger partial charge in [0.2, 0.25) is 17.6 Å². The molecule has 1 unspecified atom stereocenters. The summed E-state index contributed by atoms with van der Waals surface area (Å²) in [6, 6.07) is 11.3. The highest BCUT2D eigenvalue weighted by atomic mass is 35.5. The lowest BCUT2D eigenvalue weighted by atomic mass is 10.0. The molecular weight excluding hydrogens is 364 g/mol. The molecule has 1 saturated carbocycles. The second kappa shape index (κ2) is 7.88. The molecule has 0 aliphatic heterocycles. The van der Waals surface area contributed by atoms with Gasteiger partial charge in [0.1, 0.15) is 0 Å². The average molecular weight is 383 g/mol. The van der Waals surface area contributed by atoms with Gasteiger partial charge in [-0.15, -0.1) is 0 Å². The molecule has 138 valence electrons. The summed E-state index contributed by atoms with van der Waals surface area (Å²) >= 11 is 5.97. The van der Waals surface area contributed by atoms with Crippen molar-refractivity contribution in [2.24, 2.45) is 5.92 Å². The van der Waals surface area contributed by atoms with Crippen LogP contribution in [-0.2, 0) is 11.2 Å². The molecule has 3 aromatic rings. The summed E-state index contributed by atoms with van der Waals surface area (Å²) in [5.74, 6) is 1.43. The summed E-state index contributed by atoms with van der Waals surface area (Å²) in [5, 5.41) is 7.80. The molecule has 1 aliphatic rings. The van der Waals surface area contributed by atoms with E-state index >= 15 is 0 Å². The van der Waals surface area contributed by atoms with E-state index in [4.69, 9.17) is 16.1 Å². The van der Waals surface area contributed by atoms with Crippen LogP contribution in [0.25, 0.3) is 11.4 Å². The van der Waals surface area contributed by atoms with Crippen LogP contribution < -0.4 is 5.32 Å². The number of halogens is 1. The highest BCUT2D eigenvalue weighted by molar-refractivity contribution is 6.30. The summed E-state index contributed by atoms with van der Waals surface area (Å²) in [6.07, 6.45) is 6.32. The van der Waals surface area contributed by atoms with Gasteiger partial charge in [0.05, 0.1) is 6.04 Å². The second-order valence-corrected chi connectivity index (χ2v) is 7.12.